The van der Waals surface area contributed by atoms with Crippen LogP contribution in [-0.2, 0) is 9.47 Å². The summed E-state index contributed by atoms with van der Waals surface area (Å²) >= 11 is 0. The molecule has 2 aliphatic rings. The van der Waals surface area contributed by atoms with Gasteiger partial charge in [0.05, 0.1) is 12.2 Å². The normalized spacial score (nSPS) is 42.4. The first-order chi connectivity index (χ1) is 7.72. The molecule has 0 N–H and O–H groups in total. The number of rotatable bonds is 1. The molecule has 0 saturated carbocycles. The van der Waals surface area contributed by atoms with Gasteiger partial charge in [-0.1, -0.05) is 13.3 Å². The average Bonchev–Trinajstić information content (AvgIpc) is 2.59. The Morgan fingerprint density at radius 3 is 2.94 bits per heavy atom. The van der Waals surface area contributed by atoms with Gasteiger partial charge in [0, 0.05) is 19.1 Å². The molecule has 2 aliphatic heterocycles. The van der Waals surface area contributed by atoms with Crippen LogP contribution < -0.4 is 0 Å². The monoisotopic (exact) mass is 225 g/mol. The molecule has 3 atom stereocenters. The van der Waals surface area contributed by atoms with Gasteiger partial charge in [0.2, 0.25) is 0 Å². The lowest BCUT2D eigenvalue weighted by Crippen LogP contribution is -2.43. The zero-order valence-corrected chi connectivity index (χ0v) is 10.7. The number of ether oxygens (including phenoxy) is 2. The van der Waals surface area contributed by atoms with E-state index >= 15 is 0 Å². The van der Waals surface area contributed by atoms with Gasteiger partial charge < -0.3 is 9.47 Å². The Morgan fingerprint density at radius 2 is 2.06 bits per heavy atom. The lowest BCUT2D eigenvalue weighted by Gasteiger charge is -2.39. The molecule has 0 aliphatic carbocycles. The second kappa shape index (κ2) is 5.50. The topological polar surface area (TPSA) is 18.5 Å². The molecule has 2 saturated heterocycles. The molecule has 2 fully saturated rings. The molecule has 16 heavy (non-hydrogen) atoms. The molecule has 0 spiro atoms. The van der Waals surface area contributed by atoms with E-state index < -0.39 is 0 Å². The van der Waals surface area contributed by atoms with Gasteiger partial charge in [-0.05, 0) is 44.9 Å². The van der Waals surface area contributed by atoms with E-state index in [1.807, 2.05) is 0 Å². The van der Waals surface area contributed by atoms with Crippen LogP contribution in [0, 0.1) is 18.3 Å². The Bertz CT molecular complexity index is 207. The predicted octanol–water partition coefficient (Wildman–Crippen LogP) is 3.21. The van der Waals surface area contributed by atoms with Crippen LogP contribution in [0.25, 0.3) is 0 Å². The van der Waals surface area contributed by atoms with Crippen molar-refractivity contribution < 1.29 is 9.47 Å². The van der Waals surface area contributed by atoms with Crippen molar-refractivity contribution in [3.05, 3.63) is 6.42 Å². The second-order valence-corrected chi connectivity index (χ2v) is 5.53. The maximum absolute atomic E-state index is 6.12. The summed E-state index contributed by atoms with van der Waals surface area (Å²) in [6, 6.07) is 0. The Labute approximate surface area is 99.7 Å². The molecule has 2 nitrogen and oxygen atoms in total. The first-order valence-corrected chi connectivity index (χ1v) is 6.78. The summed E-state index contributed by atoms with van der Waals surface area (Å²) in [5.41, 5.74) is -0.0553. The molecule has 2 rings (SSSR count). The SMILES string of the molecule is CC1CCCOCC1C1(C)[CH]CCCCO1. The summed E-state index contributed by atoms with van der Waals surface area (Å²) in [5, 5.41) is 0. The summed E-state index contributed by atoms with van der Waals surface area (Å²) in [5.74, 6) is 1.25. The van der Waals surface area contributed by atoms with Gasteiger partial charge in [-0.25, -0.2) is 0 Å². The third kappa shape index (κ3) is 2.78. The third-order valence-electron chi connectivity index (χ3n) is 4.23. The highest BCUT2D eigenvalue weighted by atomic mass is 16.5. The molecule has 0 aromatic carbocycles. The lowest BCUT2D eigenvalue weighted by molar-refractivity contribution is -0.0797. The van der Waals surface area contributed by atoms with Crippen LogP contribution in [0.5, 0.6) is 0 Å². The number of hydrogen-bond donors (Lipinski definition) is 0. The minimum Gasteiger partial charge on any atom is -0.381 e. The van der Waals surface area contributed by atoms with E-state index in [1.165, 1.54) is 32.1 Å². The summed E-state index contributed by atoms with van der Waals surface area (Å²) < 4.78 is 11.9. The van der Waals surface area contributed by atoms with E-state index in [9.17, 15) is 0 Å². The van der Waals surface area contributed by atoms with Crippen LogP contribution >= 0.6 is 0 Å². The van der Waals surface area contributed by atoms with Gasteiger partial charge >= 0.3 is 0 Å². The first kappa shape index (κ1) is 12.4. The highest BCUT2D eigenvalue weighted by Gasteiger charge is 2.39. The molecule has 0 bridgehead atoms. The summed E-state index contributed by atoms with van der Waals surface area (Å²) in [4.78, 5) is 0. The van der Waals surface area contributed by atoms with E-state index in [4.69, 9.17) is 9.47 Å². The van der Waals surface area contributed by atoms with E-state index in [2.05, 4.69) is 20.3 Å². The molecule has 0 aromatic heterocycles. The van der Waals surface area contributed by atoms with Crippen molar-refractivity contribution in [1.29, 1.82) is 0 Å². The molecule has 1 radical (unpaired) electrons. The van der Waals surface area contributed by atoms with Gasteiger partial charge in [0.15, 0.2) is 0 Å². The Balaban J connectivity index is 2.06. The summed E-state index contributed by atoms with van der Waals surface area (Å²) in [6.45, 7) is 7.32. The zero-order chi connectivity index (χ0) is 11.4. The minimum absolute atomic E-state index is 0.0553. The van der Waals surface area contributed by atoms with Gasteiger partial charge in [-0.3, -0.25) is 0 Å². The predicted molar refractivity (Wildman–Crippen MR) is 65.2 cm³/mol. The van der Waals surface area contributed by atoms with E-state index in [0.717, 1.165) is 19.8 Å². The molecular formula is C14H25O2. The van der Waals surface area contributed by atoms with Crippen molar-refractivity contribution in [1.82, 2.24) is 0 Å². The maximum Gasteiger partial charge on any atom is 0.0738 e. The molecular weight excluding hydrogens is 200 g/mol. The smallest absolute Gasteiger partial charge is 0.0738 e. The summed E-state index contributed by atoms with van der Waals surface area (Å²) in [6.07, 6.45) is 8.55. The van der Waals surface area contributed by atoms with Gasteiger partial charge in [0.1, 0.15) is 0 Å². The minimum atomic E-state index is -0.0553. The van der Waals surface area contributed by atoms with Crippen LogP contribution in [0.3, 0.4) is 0 Å². The molecule has 0 aromatic rings. The van der Waals surface area contributed by atoms with E-state index in [1.54, 1.807) is 0 Å². The van der Waals surface area contributed by atoms with Crippen molar-refractivity contribution in [2.24, 2.45) is 11.8 Å². The lowest BCUT2D eigenvalue weighted by atomic mass is 9.76. The number of hydrogen-bond acceptors (Lipinski definition) is 2. The zero-order valence-electron chi connectivity index (χ0n) is 10.7. The van der Waals surface area contributed by atoms with Gasteiger partial charge in [-0.15, -0.1) is 0 Å². The standard InChI is InChI=1S/C14H25O2/c1-12-7-6-9-15-11-13(12)14(2)8-4-3-5-10-16-14/h8,12-13H,3-7,9-11H2,1-2H3. The van der Waals surface area contributed by atoms with Crippen LogP contribution in [0.2, 0.25) is 0 Å². The molecule has 93 valence electrons. The third-order valence-corrected chi connectivity index (χ3v) is 4.23. The van der Waals surface area contributed by atoms with E-state index in [0.29, 0.717) is 11.8 Å². The van der Waals surface area contributed by atoms with Crippen LogP contribution in [0.15, 0.2) is 0 Å². The van der Waals surface area contributed by atoms with Crippen LogP contribution in [0.1, 0.15) is 46.0 Å². The molecule has 3 unspecified atom stereocenters. The fraction of sp³-hybridized carbons (Fsp3) is 0.929. The Morgan fingerprint density at radius 1 is 1.19 bits per heavy atom. The maximum atomic E-state index is 6.12. The van der Waals surface area contributed by atoms with Crippen LogP contribution in [-0.4, -0.2) is 25.4 Å². The highest BCUT2D eigenvalue weighted by molar-refractivity contribution is 4.99. The Hall–Kier alpha value is -0.0800. The highest BCUT2D eigenvalue weighted by Crippen LogP contribution is 2.37. The summed E-state index contributed by atoms with van der Waals surface area (Å²) in [7, 11) is 0. The van der Waals surface area contributed by atoms with Crippen molar-refractivity contribution in [2.45, 2.75) is 51.6 Å². The van der Waals surface area contributed by atoms with Crippen molar-refractivity contribution in [3.63, 3.8) is 0 Å². The van der Waals surface area contributed by atoms with Crippen molar-refractivity contribution in [2.75, 3.05) is 19.8 Å². The van der Waals surface area contributed by atoms with Crippen molar-refractivity contribution >= 4 is 0 Å². The average molecular weight is 225 g/mol. The van der Waals surface area contributed by atoms with Gasteiger partial charge in [0.25, 0.3) is 0 Å². The second-order valence-electron chi connectivity index (χ2n) is 5.53. The first-order valence-electron chi connectivity index (χ1n) is 6.78. The fourth-order valence-corrected chi connectivity index (χ4v) is 3.06. The van der Waals surface area contributed by atoms with E-state index in [-0.39, 0.29) is 5.60 Å². The Kier molecular flexibility index (Phi) is 4.26. The van der Waals surface area contributed by atoms with Crippen LogP contribution in [0.4, 0.5) is 0 Å². The molecule has 0 amide bonds. The molecule has 2 heterocycles. The fourth-order valence-electron chi connectivity index (χ4n) is 3.06. The van der Waals surface area contributed by atoms with Gasteiger partial charge in [-0.2, -0.15) is 0 Å². The quantitative estimate of drug-likeness (QED) is 0.682. The largest absolute Gasteiger partial charge is 0.381 e. The molecule has 2 heteroatoms. The van der Waals surface area contributed by atoms with Crippen molar-refractivity contribution in [3.8, 4) is 0 Å².